The minimum Gasteiger partial charge on any atom is -0.286 e. The van der Waals surface area contributed by atoms with Crippen molar-refractivity contribution in [1.29, 1.82) is 0 Å². The Morgan fingerprint density at radius 2 is 1.15 bits per heavy atom. The minimum atomic E-state index is -0.449. The molecule has 6 aromatic rings. The Hall–Kier alpha value is -3.52. The lowest BCUT2D eigenvalue weighted by molar-refractivity contribution is 1.55. The maximum Gasteiger partial charge on any atom is 0.233 e. The van der Waals surface area contributed by atoms with Crippen LogP contribution in [-0.4, -0.2) is 0 Å². The van der Waals surface area contributed by atoms with E-state index in [2.05, 4.69) is 42.5 Å². The fraction of sp³-hybridized carbons (Fsp3) is 0. The molecular formula is C24H12O2. The first-order chi connectivity index (χ1) is 12.7. The van der Waals surface area contributed by atoms with E-state index in [9.17, 15) is 9.59 Å². The maximum absolute atomic E-state index is 12.5. The summed E-state index contributed by atoms with van der Waals surface area (Å²) in [5.41, 5.74) is -0.869. The molecule has 0 saturated carbocycles. The zero-order valence-electron chi connectivity index (χ0n) is 13.7. The summed E-state index contributed by atoms with van der Waals surface area (Å²) in [6.07, 6.45) is 0. The van der Waals surface area contributed by atoms with Crippen LogP contribution in [0.3, 0.4) is 0 Å². The summed E-state index contributed by atoms with van der Waals surface area (Å²) in [6.45, 7) is 0. The number of fused-ring (bicyclic) bond motifs is 5. The smallest absolute Gasteiger partial charge is 0.233 e. The highest BCUT2D eigenvalue weighted by Gasteiger charge is 2.16. The first-order valence-corrected chi connectivity index (χ1v) is 8.63. The Labute approximate surface area is 147 Å². The summed E-state index contributed by atoms with van der Waals surface area (Å²) in [5, 5.41) is 10.5. The number of hydrogen-bond donors (Lipinski definition) is 0. The summed E-state index contributed by atoms with van der Waals surface area (Å²) in [6, 6.07) is 23.9. The molecule has 0 aromatic heterocycles. The first-order valence-electron chi connectivity index (χ1n) is 8.63. The maximum atomic E-state index is 12.5. The second-order valence-corrected chi connectivity index (χ2v) is 6.85. The van der Waals surface area contributed by atoms with Gasteiger partial charge in [0, 0.05) is 5.39 Å². The van der Waals surface area contributed by atoms with Gasteiger partial charge in [0.05, 0.1) is 0 Å². The van der Waals surface area contributed by atoms with Crippen LogP contribution in [0.2, 0.25) is 0 Å². The lowest BCUT2D eigenvalue weighted by Gasteiger charge is -2.16. The predicted molar refractivity (Wildman–Crippen MR) is 109 cm³/mol. The van der Waals surface area contributed by atoms with Gasteiger partial charge < -0.3 is 0 Å². The molecule has 0 radical (unpaired) electrons. The standard InChI is InChI=1S/C24H12O2/c25-20-11-10-18-19(24(20)26)12-14-9-8-13-4-3-7-16-15-5-1-2-6-17(15)23(18)22(14)21(13)16/h1-12H/i9+1,14+1. The molecule has 0 bridgehead atoms. The van der Waals surface area contributed by atoms with Crippen LogP contribution >= 0.6 is 0 Å². The fourth-order valence-electron chi connectivity index (χ4n) is 4.46. The Morgan fingerprint density at radius 3 is 2.04 bits per heavy atom. The van der Waals surface area contributed by atoms with Crippen molar-refractivity contribution in [2.24, 2.45) is 0 Å². The third kappa shape index (κ3) is 1.52. The van der Waals surface area contributed by atoms with Crippen LogP contribution in [0.4, 0.5) is 0 Å². The monoisotopic (exact) mass is 334 g/mol. The minimum absolute atomic E-state index is 0.419. The van der Waals surface area contributed by atoms with Crippen LogP contribution in [0, 0.1) is 0 Å². The molecule has 0 N–H and O–H groups in total. The molecule has 0 spiro atoms. The molecular weight excluding hydrogens is 322 g/mol. The highest BCUT2D eigenvalue weighted by molar-refractivity contribution is 6.38. The van der Waals surface area contributed by atoms with Gasteiger partial charge in [-0.25, -0.2) is 0 Å². The van der Waals surface area contributed by atoms with Gasteiger partial charge in [-0.05, 0) is 66.7 Å². The predicted octanol–water partition coefficient (Wildman–Crippen LogP) is 5.05. The van der Waals surface area contributed by atoms with E-state index in [0.29, 0.717) is 5.39 Å². The average Bonchev–Trinajstić information content (AvgIpc) is 2.69. The van der Waals surface area contributed by atoms with E-state index in [-0.39, 0.29) is 0 Å². The van der Waals surface area contributed by atoms with Gasteiger partial charge in [-0.15, -0.1) is 0 Å². The van der Waals surface area contributed by atoms with Gasteiger partial charge in [-0.2, -0.15) is 0 Å². The number of rotatable bonds is 0. The Kier molecular flexibility index (Phi) is 2.41. The quantitative estimate of drug-likeness (QED) is 0.221. The van der Waals surface area contributed by atoms with Gasteiger partial charge >= 0.3 is 0 Å². The molecule has 120 valence electrons. The van der Waals surface area contributed by atoms with Crippen molar-refractivity contribution in [3.05, 3.63) is 93.2 Å². The van der Waals surface area contributed by atoms with Crippen molar-refractivity contribution in [3.8, 4) is 0 Å². The van der Waals surface area contributed by atoms with Crippen LogP contribution in [0.5, 0.6) is 0 Å². The summed E-state index contributed by atoms with van der Waals surface area (Å²) in [4.78, 5) is 24.4. The van der Waals surface area contributed by atoms with Gasteiger partial charge in [-0.3, -0.25) is 9.59 Å². The van der Waals surface area contributed by atoms with Gasteiger partial charge in [0.1, 0.15) is 0 Å². The lowest BCUT2D eigenvalue weighted by Crippen LogP contribution is -2.22. The molecule has 6 aromatic carbocycles. The third-order valence-corrected chi connectivity index (χ3v) is 5.54. The van der Waals surface area contributed by atoms with Crippen LogP contribution in [0.15, 0.2) is 82.4 Å². The molecule has 0 saturated heterocycles. The second kappa shape index (κ2) is 4.55. The van der Waals surface area contributed by atoms with Gasteiger partial charge in [0.15, 0.2) is 0 Å². The summed E-state index contributed by atoms with van der Waals surface area (Å²) >= 11 is 0. The molecule has 0 aliphatic heterocycles. The fourth-order valence-corrected chi connectivity index (χ4v) is 4.46. The van der Waals surface area contributed by atoms with Gasteiger partial charge in [-0.1, -0.05) is 54.6 Å². The number of benzene rings is 6. The Morgan fingerprint density at radius 1 is 0.462 bits per heavy atom. The van der Waals surface area contributed by atoms with Crippen LogP contribution in [0.1, 0.15) is 0 Å². The van der Waals surface area contributed by atoms with E-state index in [1.54, 1.807) is 6.07 Å². The topological polar surface area (TPSA) is 34.1 Å². The summed E-state index contributed by atoms with van der Waals surface area (Å²) in [7, 11) is 0. The number of hydrogen-bond acceptors (Lipinski definition) is 2. The molecule has 0 atom stereocenters. The molecule has 0 aliphatic carbocycles. The molecule has 26 heavy (non-hydrogen) atoms. The van der Waals surface area contributed by atoms with Crippen LogP contribution < -0.4 is 10.9 Å². The van der Waals surface area contributed by atoms with Gasteiger partial charge in [0.25, 0.3) is 0 Å². The van der Waals surface area contributed by atoms with Crippen molar-refractivity contribution >= 4 is 53.9 Å². The molecule has 0 heterocycles. The van der Waals surface area contributed by atoms with Crippen molar-refractivity contribution in [2.45, 2.75) is 0 Å². The largest absolute Gasteiger partial charge is 0.286 e. The molecule has 2 nitrogen and oxygen atoms in total. The molecule has 6 rings (SSSR count). The van der Waals surface area contributed by atoms with Crippen molar-refractivity contribution in [2.75, 3.05) is 0 Å². The van der Waals surface area contributed by atoms with E-state index in [0.717, 1.165) is 21.5 Å². The van der Waals surface area contributed by atoms with E-state index in [4.69, 9.17) is 0 Å². The zero-order chi connectivity index (χ0) is 17.4. The average molecular weight is 334 g/mol. The van der Waals surface area contributed by atoms with Crippen molar-refractivity contribution < 1.29 is 0 Å². The molecule has 2 heteroatoms. The molecule has 0 unspecified atom stereocenters. The highest BCUT2D eigenvalue weighted by atomic mass is 16.2. The summed E-state index contributed by atoms with van der Waals surface area (Å²) in [5.74, 6) is 0. The SMILES string of the molecule is O=c1ccc2c(c[13c]3[13cH]cc4cccc5c6ccccc6c2c3c45)c1=O. The Balaban J connectivity index is 2.15. The lowest BCUT2D eigenvalue weighted by atomic mass is 9.91. The van der Waals surface area contributed by atoms with Crippen molar-refractivity contribution in [1.82, 2.24) is 0 Å². The summed E-state index contributed by atoms with van der Waals surface area (Å²) < 4.78 is 0. The normalized spacial score (nSPS) is 12.2. The van der Waals surface area contributed by atoms with Crippen LogP contribution in [-0.2, 0) is 0 Å². The van der Waals surface area contributed by atoms with E-state index >= 15 is 0 Å². The van der Waals surface area contributed by atoms with Crippen LogP contribution in [0.25, 0.3) is 53.9 Å². The zero-order valence-corrected chi connectivity index (χ0v) is 13.7. The highest BCUT2D eigenvalue weighted by Crippen LogP contribution is 2.42. The molecule has 0 amide bonds. The molecule has 0 aliphatic rings. The second-order valence-electron chi connectivity index (χ2n) is 6.85. The van der Waals surface area contributed by atoms with E-state index < -0.39 is 10.9 Å². The van der Waals surface area contributed by atoms with E-state index in [1.165, 1.54) is 33.0 Å². The first kappa shape index (κ1) is 13.7. The van der Waals surface area contributed by atoms with Gasteiger partial charge in [0.2, 0.25) is 10.9 Å². The molecule has 0 fully saturated rings. The van der Waals surface area contributed by atoms with Crippen molar-refractivity contribution in [3.63, 3.8) is 0 Å². The Bertz CT molecular complexity index is 1610. The third-order valence-electron chi connectivity index (χ3n) is 5.54. The van der Waals surface area contributed by atoms with E-state index in [1.807, 2.05) is 18.2 Å².